The Morgan fingerprint density at radius 3 is 2.55 bits per heavy atom. The van der Waals surface area contributed by atoms with E-state index in [0.29, 0.717) is 13.1 Å². The third kappa shape index (κ3) is 6.67. The molecule has 0 saturated heterocycles. The molecule has 124 valence electrons. The maximum absolute atomic E-state index is 11.9. The molecule has 0 aromatic heterocycles. The highest BCUT2D eigenvalue weighted by Gasteiger charge is 2.19. The molecule has 0 saturated carbocycles. The summed E-state index contributed by atoms with van der Waals surface area (Å²) in [5.41, 5.74) is 0.720. The molecule has 0 fully saturated rings. The van der Waals surface area contributed by atoms with E-state index in [9.17, 15) is 4.79 Å². The van der Waals surface area contributed by atoms with E-state index < -0.39 is 5.60 Å². The van der Waals surface area contributed by atoms with Crippen molar-refractivity contribution in [3.8, 4) is 0 Å². The van der Waals surface area contributed by atoms with E-state index in [1.165, 1.54) is 5.56 Å². The third-order valence-electron chi connectivity index (χ3n) is 3.03. The van der Waals surface area contributed by atoms with Gasteiger partial charge in [0.15, 0.2) is 0 Å². The molecule has 0 aliphatic heterocycles. The van der Waals surface area contributed by atoms with Crippen LogP contribution in [0.3, 0.4) is 0 Å². The van der Waals surface area contributed by atoms with Crippen molar-refractivity contribution < 1.29 is 9.53 Å². The lowest BCUT2D eigenvalue weighted by molar-refractivity contribution is 0.0299. The van der Waals surface area contributed by atoms with E-state index in [0.717, 1.165) is 8.95 Å². The lowest BCUT2D eigenvalue weighted by Gasteiger charge is -2.25. The molecule has 1 rings (SSSR count). The fourth-order valence-corrected chi connectivity index (χ4v) is 3.23. The number of amides is 1. The number of nitrogens with one attached hydrogen (secondary N) is 1. The Balaban J connectivity index is 2.44. The molecule has 0 radical (unpaired) electrons. The van der Waals surface area contributed by atoms with Gasteiger partial charge in [0.2, 0.25) is 0 Å². The summed E-state index contributed by atoms with van der Waals surface area (Å²) in [5.74, 6) is 0. The molecule has 1 aromatic rings. The quantitative estimate of drug-likeness (QED) is 0.726. The van der Waals surface area contributed by atoms with E-state index in [1.807, 2.05) is 32.9 Å². The van der Waals surface area contributed by atoms with Crippen LogP contribution in [0.2, 0.25) is 0 Å². The zero-order valence-corrected chi connectivity index (χ0v) is 16.9. The van der Waals surface area contributed by atoms with Gasteiger partial charge in [-0.2, -0.15) is 0 Å². The Labute approximate surface area is 149 Å². The standard InChI is InChI=1S/C16H24Br2N2O2/c1-11(13-7-6-12(17)10-14(13)18)19-8-9-20(5)15(21)22-16(2,3)4/h6-7,10-11,19H,8-9H2,1-5H3. The predicted octanol–water partition coefficient (Wildman–Crippen LogP) is 4.73. The van der Waals surface area contributed by atoms with Crippen LogP contribution < -0.4 is 5.32 Å². The van der Waals surface area contributed by atoms with E-state index in [1.54, 1.807) is 11.9 Å². The molecule has 1 aromatic carbocycles. The summed E-state index contributed by atoms with van der Waals surface area (Å²) >= 11 is 7.02. The van der Waals surface area contributed by atoms with Crippen molar-refractivity contribution in [3.05, 3.63) is 32.7 Å². The van der Waals surface area contributed by atoms with Gasteiger partial charge in [-0.05, 0) is 45.4 Å². The van der Waals surface area contributed by atoms with Crippen molar-refractivity contribution in [2.24, 2.45) is 0 Å². The Morgan fingerprint density at radius 1 is 1.36 bits per heavy atom. The number of carbonyl (C=O) groups excluding carboxylic acids is 1. The van der Waals surface area contributed by atoms with Crippen molar-refractivity contribution >= 4 is 38.0 Å². The highest BCUT2D eigenvalue weighted by Crippen LogP contribution is 2.26. The number of nitrogens with zero attached hydrogens (tertiary/aromatic N) is 1. The van der Waals surface area contributed by atoms with Gasteiger partial charge in [-0.3, -0.25) is 0 Å². The van der Waals surface area contributed by atoms with Crippen LogP contribution in [0, 0.1) is 0 Å². The summed E-state index contributed by atoms with van der Waals surface area (Å²) in [6.45, 7) is 8.98. The summed E-state index contributed by atoms with van der Waals surface area (Å²) in [6.07, 6.45) is -0.299. The lowest BCUT2D eigenvalue weighted by Crippen LogP contribution is -2.38. The molecule has 0 bridgehead atoms. The second kappa shape index (κ2) is 8.31. The number of halogens is 2. The molecule has 0 aliphatic carbocycles. The van der Waals surface area contributed by atoms with Crippen molar-refractivity contribution in [2.45, 2.75) is 39.3 Å². The SMILES string of the molecule is CC(NCCN(C)C(=O)OC(C)(C)C)c1ccc(Br)cc1Br. The fourth-order valence-electron chi connectivity index (χ4n) is 1.84. The first kappa shape index (κ1) is 19.5. The van der Waals surface area contributed by atoms with Crippen LogP contribution in [0.1, 0.15) is 39.3 Å². The first-order valence-corrected chi connectivity index (χ1v) is 8.81. The first-order chi connectivity index (χ1) is 10.1. The van der Waals surface area contributed by atoms with Gasteiger partial charge in [0.25, 0.3) is 0 Å². The summed E-state index contributed by atoms with van der Waals surface area (Å²) in [7, 11) is 1.75. The number of rotatable bonds is 5. The molecule has 0 aliphatic rings. The lowest BCUT2D eigenvalue weighted by atomic mass is 10.1. The van der Waals surface area contributed by atoms with Gasteiger partial charge in [-0.1, -0.05) is 37.9 Å². The number of ether oxygens (including phenoxy) is 1. The predicted molar refractivity (Wildman–Crippen MR) is 97.1 cm³/mol. The van der Waals surface area contributed by atoms with Crippen molar-refractivity contribution in [3.63, 3.8) is 0 Å². The van der Waals surface area contributed by atoms with Crippen LogP contribution in [0.5, 0.6) is 0 Å². The number of hydrogen-bond donors (Lipinski definition) is 1. The Hall–Kier alpha value is -0.590. The summed E-state index contributed by atoms with van der Waals surface area (Å²) in [6, 6.07) is 6.31. The third-order valence-corrected chi connectivity index (χ3v) is 4.21. The maximum Gasteiger partial charge on any atom is 0.410 e. The fraction of sp³-hybridized carbons (Fsp3) is 0.562. The molecule has 1 atom stereocenters. The molecular formula is C16H24Br2N2O2. The van der Waals surface area contributed by atoms with Crippen LogP contribution in [0.25, 0.3) is 0 Å². The monoisotopic (exact) mass is 434 g/mol. The van der Waals surface area contributed by atoms with Crippen LogP contribution >= 0.6 is 31.9 Å². The van der Waals surface area contributed by atoms with Crippen molar-refractivity contribution in [1.29, 1.82) is 0 Å². The average molecular weight is 436 g/mol. The van der Waals surface area contributed by atoms with Crippen molar-refractivity contribution in [1.82, 2.24) is 10.2 Å². The number of likely N-dealkylation sites (N-methyl/N-ethyl adjacent to an activating group) is 1. The Kier molecular flexibility index (Phi) is 7.35. The first-order valence-electron chi connectivity index (χ1n) is 7.22. The molecule has 1 unspecified atom stereocenters. The molecule has 1 amide bonds. The van der Waals surface area contributed by atoms with Crippen LogP contribution in [-0.4, -0.2) is 36.7 Å². The zero-order valence-electron chi connectivity index (χ0n) is 13.7. The van der Waals surface area contributed by atoms with Gasteiger partial charge >= 0.3 is 6.09 Å². The second-order valence-corrected chi connectivity index (χ2v) is 8.01. The topological polar surface area (TPSA) is 41.6 Å². The van der Waals surface area contributed by atoms with Crippen LogP contribution in [-0.2, 0) is 4.74 Å². The maximum atomic E-state index is 11.9. The summed E-state index contributed by atoms with van der Waals surface area (Å²) in [5, 5.41) is 3.41. The van der Waals surface area contributed by atoms with Crippen LogP contribution in [0.4, 0.5) is 4.79 Å². The van der Waals surface area contributed by atoms with E-state index >= 15 is 0 Å². The van der Waals surface area contributed by atoms with Gasteiger partial charge in [-0.25, -0.2) is 4.79 Å². The number of carbonyl (C=O) groups is 1. The minimum absolute atomic E-state index is 0.189. The van der Waals surface area contributed by atoms with Crippen LogP contribution in [0.15, 0.2) is 27.1 Å². The van der Waals surface area contributed by atoms with E-state index in [2.05, 4.69) is 50.2 Å². The molecular weight excluding hydrogens is 412 g/mol. The average Bonchev–Trinajstić information content (AvgIpc) is 2.36. The molecule has 0 heterocycles. The largest absolute Gasteiger partial charge is 0.444 e. The highest BCUT2D eigenvalue weighted by molar-refractivity contribution is 9.11. The molecule has 4 nitrogen and oxygen atoms in total. The van der Waals surface area contributed by atoms with E-state index in [-0.39, 0.29) is 12.1 Å². The normalized spacial score (nSPS) is 12.9. The minimum atomic E-state index is -0.464. The molecule has 6 heteroatoms. The van der Waals surface area contributed by atoms with Gasteiger partial charge in [-0.15, -0.1) is 0 Å². The summed E-state index contributed by atoms with van der Waals surface area (Å²) in [4.78, 5) is 13.4. The number of hydrogen-bond acceptors (Lipinski definition) is 3. The van der Waals surface area contributed by atoms with Gasteiger partial charge in [0.05, 0.1) is 0 Å². The smallest absolute Gasteiger partial charge is 0.410 e. The summed E-state index contributed by atoms with van der Waals surface area (Å²) < 4.78 is 7.42. The van der Waals surface area contributed by atoms with Gasteiger partial charge in [0, 0.05) is 35.1 Å². The highest BCUT2D eigenvalue weighted by atomic mass is 79.9. The number of benzene rings is 1. The molecule has 0 spiro atoms. The molecule has 22 heavy (non-hydrogen) atoms. The Morgan fingerprint density at radius 2 is 2.00 bits per heavy atom. The van der Waals surface area contributed by atoms with E-state index in [4.69, 9.17) is 4.74 Å². The molecule has 1 N–H and O–H groups in total. The second-order valence-electron chi connectivity index (χ2n) is 6.24. The zero-order chi connectivity index (χ0) is 16.9. The van der Waals surface area contributed by atoms with Gasteiger partial charge in [0.1, 0.15) is 5.60 Å². The van der Waals surface area contributed by atoms with Crippen molar-refractivity contribution in [2.75, 3.05) is 20.1 Å². The minimum Gasteiger partial charge on any atom is -0.444 e. The van der Waals surface area contributed by atoms with Gasteiger partial charge < -0.3 is 15.0 Å². The Bertz CT molecular complexity index is 515.